The van der Waals surface area contributed by atoms with E-state index in [-0.39, 0.29) is 5.56 Å². The fourth-order valence-electron chi connectivity index (χ4n) is 3.31. The minimum Gasteiger partial charge on any atom is -0.479 e. The number of hydrogen-bond donors (Lipinski definition) is 2. The number of aryl methyl sites for hydroxylation is 1. The van der Waals surface area contributed by atoms with Crippen LogP contribution in [0.1, 0.15) is 38.0 Å². The summed E-state index contributed by atoms with van der Waals surface area (Å²) in [6.45, 7) is 7.28. The maximum Gasteiger partial charge on any atom is 0.337 e. The molecule has 0 amide bonds. The van der Waals surface area contributed by atoms with E-state index in [0.717, 1.165) is 16.5 Å². The van der Waals surface area contributed by atoms with Gasteiger partial charge >= 0.3 is 5.97 Å². The smallest absolute Gasteiger partial charge is 0.337 e. The Morgan fingerprint density at radius 2 is 1.79 bits per heavy atom. The minimum atomic E-state index is -1.16. The summed E-state index contributed by atoms with van der Waals surface area (Å²) in [4.78, 5) is 26.8. The summed E-state index contributed by atoms with van der Waals surface area (Å²) in [5.74, 6) is -1.07. The summed E-state index contributed by atoms with van der Waals surface area (Å²) in [6, 6.07) is 12.1. The summed E-state index contributed by atoms with van der Waals surface area (Å²) in [5, 5.41) is 11.3. The van der Waals surface area contributed by atoms with Crippen LogP contribution in [0.4, 0.5) is 0 Å². The summed E-state index contributed by atoms with van der Waals surface area (Å²) >= 11 is 6.04. The van der Waals surface area contributed by atoms with E-state index in [0.29, 0.717) is 21.7 Å². The van der Waals surface area contributed by atoms with Crippen LogP contribution in [-0.4, -0.2) is 21.7 Å². The number of hydrogen-bond acceptors (Lipinski definition) is 3. The lowest BCUT2D eigenvalue weighted by Gasteiger charge is -2.28. The van der Waals surface area contributed by atoms with Crippen LogP contribution in [0.25, 0.3) is 22.0 Å². The number of pyridine rings is 1. The molecule has 6 heteroatoms. The lowest BCUT2D eigenvalue weighted by molar-refractivity contribution is -0.160. The van der Waals surface area contributed by atoms with Crippen LogP contribution in [0.2, 0.25) is 5.02 Å². The van der Waals surface area contributed by atoms with Crippen molar-refractivity contribution in [1.82, 2.24) is 4.98 Å². The number of carboxylic acids is 1. The molecule has 5 nitrogen and oxygen atoms in total. The predicted molar refractivity (Wildman–Crippen MR) is 111 cm³/mol. The molecule has 1 heterocycles. The number of aliphatic carboxylic acids is 1. The van der Waals surface area contributed by atoms with Gasteiger partial charge in [-0.3, -0.25) is 4.79 Å². The zero-order valence-corrected chi connectivity index (χ0v) is 16.9. The van der Waals surface area contributed by atoms with Gasteiger partial charge < -0.3 is 14.8 Å². The maximum atomic E-state index is 12.2. The highest BCUT2D eigenvalue weighted by Crippen LogP contribution is 2.40. The molecule has 0 fully saturated rings. The Morgan fingerprint density at radius 3 is 2.36 bits per heavy atom. The Morgan fingerprint density at radius 1 is 1.14 bits per heavy atom. The van der Waals surface area contributed by atoms with Crippen LogP contribution in [0.3, 0.4) is 0 Å². The van der Waals surface area contributed by atoms with Crippen LogP contribution < -0.4 is 5.56 Å². The Hall–Kier alpha value is -2.63. The first-order valence-corrected chi connectivity index (χ1v) is 9.28. The number of carboxylic acid groups (broad SMARTS) is 1. The number of aromatic amines is 1. The summed E-state index contributed by atoms with van der Waals surface area (Å²) < 4.78 is 5.93. The van der Waals surface area contributed by atoms with Crippen LogP contribution in [0, 0.1) is 6.92 Å². The molecule has 0 aliphatic carbocycles. The van der Waals surface area contributed by atoms with Gasteiger partial charge in [0.15, 0.2) is 6.10 Å². The van der Waals surface area contributed by atoms with Crippen LogP contribution in [0.15, 0.2) is 47.3 Å². The van der Waals surface area contributed by atoms with Gasteiger partial charge in [-0.2, -0.15) is 0 Å². The first-order chi connectivity index (χ1) is 13.1. The van der Waals surface area contributed by atoms with Crippen LogP contribution in [0.5, 0.6) is 0 Å². The highest BCUT2D eigenvalue weighted by Gasteiger charge is 2.31. The fourth-order valence-corrected chi connectivity index (χ4v) is 3.44. The van der Waals surface area contributed by atoms with Gasteiger partial charge in [0.2, 0.25) is 5.56 Å². The van der Waals surface area contributed by atoms with Crippen molar-refractivity contribution in [3.05, 3.63) is 69.0 Å². The summed E-state index contributed by atoms with van der Waals surface area (Å²) in [6.07, 6.45) is -1.16. The van der Waals surface area contributed by atoms with Crippen molar-refractivity contribution in [3.8, 4) is 11.1 Å². The second kappa shape index (κ2) is 7.41. The topological polar surface area (TPSA) is 79.4 Å². The third kappa shape index (κ3) is 4.11. The molecule has 0 saturated heterocycles. The van der Waals surface area contributed by atoms with E-state index >= 15 is 0 Å². The van der Waals surface area contributed by atoms with Crippen molar-refractivity contribution >= 4 is 28.5 Å². The van der Waals surface area contributed by atoms with Gasteiger partial charge in [0, 0.05) is 27.6 Å². The average molecular weight is 400 g/mol. The highest BCUT2D eigenvalue weighted by atomic mass is 35.5. The zero-order valence-electron chi connectivity index (χ0n) is 16.2. The van der Waals surface area contributed by atoms with Gasteiger partial charge in [-0.1, -0.05) is 23.7 Å². The Labute approximate surface area is 167 Å². The number of nitrogens with one attached hydrogen (secondary N) is 1. The van der Waals surface area contributed by atoms with Crippen LogP contribution >= 0.6 is 11.6 Å². The largest absolute Gasteiger partial charge is 0.479 e. The number of ether oxygens (including phenoxy) is 1. The third-order valence-electron chi connectivity index (χ3n) is 4.36. The molecule has 2 N–H and O–H groups in total. The van der Waals surface area contributed by atoms with Gasteiger partial charge in [0.05, 0.1) is 5.60 Å². The summed E-state index contributed by atoms with van der Waals surface area (Å²) in [7, 11) is 0. The van der Waals surface area contributed by atoms with E-state index in [1.165, 1.54) is 6.07 Å². The molecule has 0 aliphatic heterocycles. The first-order valence-electron chi connectivity index (χ1n) is 8.90. The number of H-pyrrole nitrogens is 1. The zero-order chi connectivity index (χ0) is 20.6. The summed E-state index contributed by atoms with van der Waals surface area (Å²) in [5.41, 5.74) is 2.54. The van der Waals surface area contributed by atoms with Gasteiger partial charge in [-0.25, -0.2) is 4.79 Å². The van der Waals surface area contributed by atoms with Crippen molar-refractivity contribution in [2.45, 2.75) is 39.4 Å². The molecule has 0 saturated carbocycles. The molecule has 28 heavy (non-hydrogen) atoms. The highest BCUT2D eigenvalue weighted by molar-refractivity contribution is 6.30. The van der Waals surface area contributed by atoms with Gasteiger partial charge in [0.25, 0.3) is 0 Å². The van der Waals surface area contributed by atoms with Crippen molar-refractivity contribution in [2.75, 3.05) is 0 Å². The van der Waals surface area contributed by atoms with Gasteiger partial charge in [-0.05, 0) is 68.7 Å². The number of carbonyl (C=O) groups is 1. The third-order valence-corrected chi connectivity index (χ3v) is 4.62. The minimum absolute atomic E-state index is 0.220. The monoisotopic (exact) mass is 399 g/mol. The second-order valence-corrected chi connectivity index (χ2v) is 8.16. The molecule has 3 rings (SSSR count). The Kier molecular flexibility index (Phi) is 5.33. The van der Waals surface area contributed by atoms with Crippen molar-refractivity contribution < 1.29 is 14.6 Å². The van der Waals surface area contributed by atoms with E-state index in [9.17, 15) is 14.7 Å². The number of aromatic nitrogens is 1. The van der Waals surface area contributed by atoms with E-state index in [4.69, 9.17) is 16.3 Å². The number of benzene rings is 2. The Balaban J connectivity index is 2.40. The molecule has 0 spiro atoms. The SMILES string of the molecule is Cc1cc2[nH]c(=O)ccc2c(-c2ccc(Cl)cc2)c1C(OC(C)(C)C)C(=O)O. The molecule has 0 radical (unpaired) electrons. The molecule has 1 aromatic heterocycles. The number of rotatable bonds is 4. The molecule has 1 atom stereocenters. The second-order valence-electron chi connectivity index (χ2n) is 7.72. The van der Waals surface area contributed by atoms with E-state index in [2.05, 4.69) is 4.98 Å². The number of halogens is 1. The van der Waals surface area contributed by atoms with Gasteiger partial charge in [-0.15, -0.1) is 0 Å². The molecule has 1 unspecified atom stereocenters. The average Bonchev–Trinajstić information content (AvgIpc) is 2.58. The molecule has 2 aromatic carbocycles. The molecular weight excluding hydrogens is 378 g/mol. The molecule has 0 aliphatic rings. The molecule has 146 valence electrons. The standard InChI is InChI=1S/C22H22ClNO4/c1-12-11-16-15(9-10-17(25)24-16)19(13-5-7-14(23)8-6-13)18(12)20(21(26)27)28-22(2,3)4/h5-11,20H,1-4H3,(H,24,25)(H,26,27). The Bertz CT molecular complexity index is 1090. The fraction of sp³-hybridized carbons (Fsp3) is 0.273. The normalized spacial score (nSPS) is 12.9. The van der Waals surface area contributed by atoms with Crippen LogP contribution in [-0.2, 0) is 9.53 Å². The van der Waals surface area contributed by atoms with E-state index < -0.39 is 17.7 Å². The lowest BCUT2D eigenvalue weighted by atomic mass is 9.88. The predicted octanol–water partition coefficient (Wildman–Crippen LogP) is 5.10. The molecule has 0 bridgehead atoms. The molecular formula is C22H22ClNO4. The van der Waals surface area contributed by atoms with E-state index in [1.54, 1.807) is 24.3 Å². The van der Waals surface area contributed by atoms with Crippen molar-refractivity contribution in [1.29, 1.82) is 0 Å². The lowest BCUT2D eigenvalue weighted by Crippen LogP contribution is -2.28. The van der Waals surface area contributed by atoms with Gasteiger partial charge in [0.1, 0.15) is 0 Å². The first kappa shape index (κ1) is 20.1. The van der Waals surface area contributed by atoms with Crippen molar-refractivity contribution in [2.24, 2.45) is 0 Å². The quantitative estimate of drug-likeness (QED) is 0.639. The number of fused-ring (bicyclic) bond motifs is 1. The van der Waals surface area contributed by atoms with E-state index in [1.807, 2.05) is 39.8 Å². The maximum absolute atomic E-state index is 12.2. The molecule has 3 aromatic rings. The van der Waals surface area contributed by atoms with Crippen molar-refractivity contribution in [3.63, 3.8) is 0 Å².